The van der Waals surface area contributed by atoms with Crippen molar-refractivity contribution in [3.05, 3.63) is 46.8 Å². The molecule has 0 saturated carbocycles. The second kappa shape index (κ2) is 4.39. The van der Waals surface area contributed by atoms with E-state index in [1.807, 2.05) is 0 Å². The Hall–Kier alpha value is -1.77. The van der Waals surface area contributed by atoms with E-state index in [1.165, 1.54) is 16.7 Å². The van der Waals surface area contributed by atoms with Gasteiger partial charge in [-0.05, 0) is 25.0 Å². The summed E-state index contributed by atoms with van der Waals surface area (Å²) in [4.78, 5) is 4.32. The number of rotatable bonds is 3. The number of oxazole rings is 1. The number of nitrogens with one attached hydrogen (secondary N) is 1. The average Bonchev–Trinajstić information content (AvgIpc) is 2.71. The average molecular weight is 216 g/mol. The monoisotopic (exact) mass is 216 g/mol. The minimum absolute atomic E-state index is 0.570. The van der Waals surface area contributed by atoms with Crippen LogP contribution >= 0.6 is 0 Å². The summed E-state index contributed by atoms with van der Waals surface area (Å²) in [6, 6.07) is 7.04. The number of aromatic nitrogens is 1. The van der Waals surface area contributed by atoms with Gasteiger partial charge < -0.3 is 9.73 Å². The van der Waals surface area contributed by atoms with Crippen LogP contribution in [0.15, 0.2) is 28.9 Å². The molecule has 84 valence electrons. The van der Waals surface area contributed by atoms with Gasteiger partial charge in [0.25, 0.3) is 6.01 Å². The maximum Gasteiger partial charge on any atom is 0.294 e. The Labute approximate surface area is 95.5 Å². The fourth-order valence-corrected chi connectivity index (χ4v) is 1.69. The molecule has 0 unspecified atom stereocenters. The van der Waals surface area contributed by atoms with E-state index >= 15 is 0 Å². The third-order valence-corrected chi connectivity index (χ3v) is 2.64. The molecule has 0 fully saturated rings. The molecule has 0 aliphatic carbocycles. The van der Waals surface area contributed by atoms with E-state index < -0.39 is 0 Å². The molecule has 2 aromatic rings. The maximum absolute atomic E-state index is 5.23. The Morgan fingerprint density at radius 1 is 1.31 bits per heavy atom. The van der Waals surface area contributed by atoms with Crippen LogP contribution in [0.2, 0.25) is 0 Å². The van der Waals surface area contributed by atoms with Crippen LogP contribution in [0, 0.1) is 13.8 Å². The molecule has 0 spiro atoms. The van der Waals surface area contributed by atoms with Gasteiger partial charge in [0, 0.05) is 13.5 Å². The standard InChI is InChI=1S/C13H16N2O/c1-9-4-5-10(2)11(6-9)7-12-8-16-13(14-3)15-12/h4-6,8H,7H2,1-3H3,(H,14,15). The highest BCUT2D eigenvalue weighted by Gasteiger charge is 2.05. The van der Waals surface area contributed by atoms with Crippen molar-refractivity contribution in [2.45, 2.75) is 20.3 Å². The molecule has 0 amide bonds. The summed E-state index contributed by atoms with van der Waals surface area (Å²) in [6.45, 7) is 4.22. The van der Waals surface area contributed by atoms with Gasteiger partial charge in [0.1, 0.15) is 6.26 Å². The smallest absolute Gasteiger partial charge is 0.294 e. The van der Waals surface area contributed by atoms with Crippen LogP contribution in [0.3, 0.4) is 0 Å². The van der Waals surface area contributed by atoms with Crippen LogP contribution in [0.25, 0.3) is 0 Å². The highest BCUT2D eigenvalue weighted by Crippen LogP contribution is 2.16. The lowest BCUT2D eigenvalue weighted by molar-refractivity contribution is 0.574. The first kappa shape index (κ1) is 10.7. The van der Waals surface area contributed by atoms with Gasteiger partial charge in [0.05, 0.1) is 5.69 Å². The fourth-order valence-electron chi connectivity index (χ4n) is 1.69. The summed E-state index contributed by atoms with van der Waals surface area (Å²) in [5, 5.41) is 2.88. The third kappa shape index (κ3) is 2.24. The minimum atomic E-state index is 0.570. The lowest BCUT2D eigenvalue weighted by Crippen LogP contribution is -1.94. The third-order valence-electron chi connectivity index (χ3n) is 2.64. The Morgan fingerprint density at radius 3 is 2.81 bits per heavy atom. The zero-order chi connectivity index (χ0) is 11.5. The molecule has 2 rings (SSSR count). The van der Waals surface area contributed by atoms with Gasteiger partial charge in [0.15, 0.2) is 0 Å². The maximum atomic E-state index is 5.23. The molecule has 0 aliphatic heterocycles. The lowest BCUT2D eigenvalue weighted by atomic mass is 10.0. The summed E-state index contributed by atoms with van der Waals surface area (Å²) in [5.74, 6) is 0. The number of anilines is 1. The Bertz CT molecular complexity index is 488. The first-order chi connectivity index (χ1) is 7.69. The second-order valence-electron chi connectivity index (χ2n) is 4.00. The SMILES string of the molecule is CNc1nc(Cc2cc(C)ccc2C)co1. The molecule has 1 aromatic heterocycles. The molecule has 0 radical (unpaired) electrons. The molecule has 0 atom stereocenters. The minimum Gasteiger partial charge on any atom is -0.432 e. The van der Waals surface area contributed by atoms with Gasteiger partial charge in [-0.25, -0.2) is 0 Å². The first-order valence-corrected chi connectivity index (χ1v) is 5.37. The van der Waals surface area contributed by atoms with Crippen LogP contribution in [-0.2, 0) is 6.42 Å². The molecule has 0 aliphatic rings. The molecule has 0 bridgehead atoms. The molecule has 3 heteroatoms. The Morgan fingerprint density at radius 2 is 2.12 bits per heavy atom. The van der Waals surface area contributed by atoms with E-state index in [1.54, 1.807) is 13.3 Å². The number of hydrogen-bond donors (Lipinski definition) is 1. The van der Waals surface area contributed by atoms with Crippen molar-refractivity contribution in [2.75, 3.05) is 12.4 Å². The predicted molar refractivity (Wildman–Crippen MR) is 64.8 cm³/mol. The number of hydrogen-bond acceptors (Lipinski definition) is 3. The van der Waals surface area contributed by atoms with Crippen molar-refractivity contribution in [3.8, 4) is 0 Å². The van der Waals surface area contributed by atoms with Crippen LogP contribution in [0.5, 0.6) is 0 Å². The van der Waals surface area contributed by atoms with Crippen molar-refractivity contribution in [3.63, 3.8) is 0 Å². The van der Waals surface area contributed by atoms with E-state index in [-0.39, 0.29) is 0 Å². The Balaban J connectivity index is 2.22. The molecule has 1 heterocycles. The topological polar surface area (TPSA) is 38.1 Å². The summed E-state index contributed by atoms with van der Waals surface area (Å²) in [7, 11) is 1.80. The van der Waals surface area contributed by atoms with Crippen LogP contribution in [0.1, 0.15) is 22.4 Å². The van der Waals surface area contributed by atoms with Crippen LogP contribution in [0.4, 0.5) is 6.01 Å². The number of nitrogens with zero attached hydrogens (tertiary/aromatic N) is 1. The van der Waals surface area contributed by atoms with Gasteiger partial charge in [-0.1, -0.05) is 23.8 Å². The summed E-state index contributed by atoms with van der Waals surface area (Å²) in [5.41, 5.74) is 4.83. The first-order valence-electron chi connectivity index (χ1n) is 5.37. The molecule has 16 heavy (non-hydrogen) atoms. The molecule has 3 nitrogen and oxygen atoms in total. The van der Waals surface area contributed by atoms with Gasteiger partial charge in [-0.15, -0.1) is 0 Å². The zero-order valence-electron chi connectivity index (χ0n) is 9.87. The molecule has 1 N–H and O–H groups in total. The van der Waals surface area contributed by atoms with Gasteiger partial charge in [-0.3, -0.25) is 0 Å². The summed E-state index contributed by atoms with van der Waals surface area (Å²) < 4.78 is 5.23. The van der Waals surface area contributed by atoms with Gasteiger partial charge in [-0.2, -0.15) is 4.98 Å². The van der Waals surface area contributed by atoms with Crippen LogP contribution < -0.4 is 5.32 Å². The van der Waals surface area contributed by atoms with Crippen molar-refractivity contribution in [2.24, 2.45) is 0 Å². The van der Waals surface area contributed by atoms with Crippen molar-refractivity contribution >= 4 is 6.01 Å². The predicted octanol–water partition coefficient (Wildman–Crippen LogP) is 2.92. The Kier molecular flexibility index (Phi) is 2.95. The highest BCUT2D eigenvalue weighted by atomic mass is 16.4. The fraction of sp³-hybridized carbons (Fsp3) is 0.308. The summed E-state index contributed by atoms with van der Waals surface area (Å²) >= 11 is 0. The van der Waals surface area contributed by atoms with Crippen LogP contribution in [-0.4, -0.2) is 12.0 Å². The van der Waals surface area contributed by atoms with E-state index in [9.17, 15) is 0 Å². The summed E-state index contributed by atoms with van der Waals surface area (Å²) in [6.07, 6.45) is 2.52. The lowest BCUT2D eigenvalue weighted by Gasteiger charge is -2.04. The van der Waals surface area contributed by atoms with E-state index in [2.05, 4.69) is 42.3 Å². The quantitative estimate of drug-likeness (QED) is 0.857. The van der Waals surface area contributed by atoms with E-state index in [0.717, 1.165) is 12.1 Å². The number of benzene rings is 1. The largest absolute Gasteiger partial charge is 0.432 e. The molecular weight excluding hydrogens is 200 g/mol. The molecule has 0 saturated heterocycles. The van der Waals surface area contributed by atoms with E-state index in [4.69, 9.17) is 4.42 Å². The molecule has 1 aromatic carbocycles. The molecular formula is C13H16N2O. The normalized spacial score (nSPS) is 10.4. The van der Waals surface area contributed by atoms with Crippen molar-refractivity contribution in [1.29, 1.82) is 0 Å². The van der Waals surface area contributed by atoms with Crippen molar-refractivity contribution in [1.82, 2.24) is 4.98 Å². The number of aryl methyl sites for hydroxylation is 2. The highest BCUT2D eigenvalue weighted by molar-refractivity contribution is 5.34. The van der Waals surface area contributed by atoms with Gasteiger partial charge >= 0.3 is 0 Å². The van der Waals surface area contributed by atoms with Gasteiger partial charge in [0.2, 0.25) is 0 Å². The van der Waals surface area contributed by atoms with Crippen molar-refractivity contribution < 1.29 is 4.42 Å². The second-order valence-corrected chi connectivity index (χ2v) is 4.00. The van der Waals surface area contributed by atoms with E-state index in [0.29, 0.717) is 6.01 Å². The zero-order valence-corrected chi connectivity index (χ0v) is 9.87.